The molecule has 3 aromatic carbocycles. The molecule has 0 aliphatic carbocycles. The summed E-state index contributed by atoms with van der Waals surface area (Å²) in [6.45, 7) is 3.24. The number of ether oxygens (including phenoxy) is 3. The van der Waals surface area contributed by atoms with Crippen molar-refractivity contribution < 1.29 is 32.2 Å². The van der Waals surface area contributed by atoms with E-state index in [0.29, 0.717) is 23.6 Å². The second kappa shape index (κ2) is 13.7. The smallest absolute Gasteiger partial charge is 0.264 e. The number of rotatable bonds is 13. The molecule has 0 spiro atoms. The van der Waals surface area contributed by atoms with E-state index in [1.807, 2.05) is 0 Å². The maximum atomic E-state index is 14.0. The summed E-state index contributed by atoms with van der Waals surface area (Å²) in [5.74, 6) is 0.404. The average molecular weight is 570 g/mol. The number of carbonyl (C=O) groups is 2. The highest BCUT2D eigenvalue weighted by atomic mass is 32.2. The summed E-state index contributed by atoms with van der Waals surface area (Å²) < 4.78 is 44.9. The fourth-order valence-electron chi connectivity index (χ4n) is 4.10. The molecule has 0 saturated carbocycles. The lowest BCUT2D eigenvalue weighted by Crippen LogP contribution is -2.51. The molecule has 0 radical (unpaired) electrons. The molecule has 1 N–H and O–H groups in total. The van der Waals surface area contributed by atoms with Crippen LogP contribution in [0, 0.1) is 0 Å². The quantitative estimate of drug-likeness (QED) is 0.335. The Labute approximate surface area is 235 Å². The third kappa shape index (κ3) is 7.03. The van der Waals surface area contributed by atoms with Crippen LogP contribution in [0.15, 0.2) is 77.7 Å². The number of benzene rings is 3. The van der Waals surface area contributed by atoms with E-state index in [0.717, 1.165) is 4.31 Å². The molecule has 0 aliphatic rings. The Bertz CT molecular complexity index is 1410. The largest absolute Gasteiger partial charge is 0.497 e. The van der Waals surface area contributed by atoms with Gasteiger partial charge in [-0.05, 0) is 67.9 Å². The van der Waals surface area contributed by atoms with E-state index in [4.69, 9.17) is 14.2 Å². The van der Waals surface area contributed by atoms with E-state index in [1.54, 1.807) is 62.4 Å². The normalized spacial score (nSPS) is 11.7. The lowest BCUT2D eigenvalue weighted by molar-refractivity contribution is -0.139. The van der Waals surface area contributed by atoms with Gasteiger partial charge in [-0.1, -0.05) is 24.3 Å². The van der Waals surface area contributed by atoms with E-state index in [-0.39, 0.29) is 28.8 Å². The molecule has 40 heavy (non-hydrogen) atoms. The molecule has 3 aromatic rings. The number of likely N-dealkylation sites (N-methyl/N-ethyl adjacent to an activating group) is 1. The highest BCUT2D eigenvalue weighted by Gasteiger charge is 2.33. The molecule has 0 heterocycles. The Morgan fingerprint density at radius 2 is 1.55 bits per heavy atom. The SMILES string of the molecule is CCNC(=O)[C@@H](C)N(Cc1cccc(OC)c1)C(=O)CN(c1ccccc1OC)S(=O)(=O)c1ccc(OC)cc1. The lowest BCUT2D eigenvalue weighted by Gasteiger charge is -2.32. The van der Waals surface area contributed by atoms with Gasteiger partial charge in [-0.2, -0.15) is 0 Å². The molecule has 11 heteroatoms. The number of nitrogens with zero attached hydrogens (tertiary/aromatic N) is 2. The highest BCUT2D eigenvalue weighted by molar-refractivity contribution is 7.92. The molecule has 214 valence electrons. The predicted octanol–water partition coefficient (Wildman–Crippen LogP) is 3.46. The first-order valence-electron chi connectivity index (χ1n) is 12.7. The van der Waals surface area contributed by atoms with Crippen LogP contribution in [0.25, 0.3) is 0 Å². The molecule has 0 unspecified atom stereocenters. The molecule has 0 aromatic heterocycles. The number of methoxy groups -OCH3 is 3. The highest BCUT2D eigenvalue weighted by Crippen LogP contribution is 2.33. The van der Waals surface area contributed by atoms with Crippen molar-refractivity contribution in [1.82, 2.24) is 10.2 Å². The summed E-state index contributed by atoms with van der Waals surface area (Å²) in [7, 11) is 0.190. The van der Waals surface area contributed by atoms with Gasteiger partial charge in [0, 0.05) is 13.1 Å². The van der Waals surface area contributed by atoms with Crippen molar-refractivity contribution >= 4 is 27.5 Å². The zero-order valence-electron chi connectivity index (χ0n) is 23.3. The molecule has 1 atom stereocenters. The molecule has 3 rings (SSSR count). The van der Waals surface area contributed by atoms with Crippen LogP contribution in [0.5, 0.6) is 17.2 Å². The maximum Gasteiger partial charge on any atom is 0.264 e. The first kappa shape index (κ1) is 30.3. The van der Waals surface area contributed by atoms with Gasteiger partial charge in [0.2, 0.25) is 11.8 Å². The summed E-state index contributed by atoms with van der Waals surface area (Å²) >= 11 is 0. The Morgan fingerprint density at radius 3 is 2.17 bits per heavy atom. The zero-order chi connectivity index (χ0) is 29.3. The number of nitrogens with one attached hydrogen (secondary N) is 1. The van der Waals surface area contributed by atoms with Crippen molar-refractivity contribution in [3.63, 3.8) is 0 Å². The van der Waals surface area contributed by atoms with Gasteiger partial charge in [-0.25, -0.2) is 8.42 Å². The number of carbonyl (C=O) groups excluding carboxylic acids is 2. The molecule has 0 aliphatic heterocycles. The minimum absolute atomic E-state index is 0.0388. The number of hydrogen-bond acceptors (Lipinski definition) is 7. The summed E-state index contributed by atoms with van der Waals surface area (Å²) in [5, 5.41) is 2.74. The summed E-state index contributed by atoms with van der Waals surface area (Å²) in [4.78, 5) is 28.1. The minimum Gasteiger partial charge on any atom is -0.497 e. The summed E-state index contributed by atoms with van der Waals surface area (Å²) in [5.41, 5.74) is 0.895. The number of amides is 2. The van der Waals surface area contributed by atoms with Crippen LogP contribution in [0.1, 0.15) is 19.4 Å². The monoisotopic (exact) mass is 569 g/mol. The van der Waals surface area contributed by atoms with Gasteiger partial charge in [-0.3, -0.25) is 13.9 Å². The maximum absolute atomic E-state index is 14.0. The molecule has 0 fully saturated rings. The van der Waals surface area contributed by atoms with Crippen LogP contribution in [-0.2, 0) is 26.2 Å². The number of anilines is 1. The van der Waals surface area contributed by atoms with E-state index in [2.05, 4.69) is 5.32 Å². The standard InChI is InChI=1S/C29H35N3O7S/c1-6-30-29(34)21(2)31(19-22-10-9-11-24(18-22)38-4)28(33)20-32(26-12-7-8-13-27(26)39-5)40(35,36)25-16-14-23(37-3)15-17-25/h7-18,21H,6,19-20H2,1-5H3,(H,30,34)/t21-/m1/s1. The van der Waals surface area contributed by atoms with Gasteiger partial charge in [0.05, 0.1) is 31.9 Å². The minimum atomic E-state index is -4.25. The fraction of sp³-hybridized carbons (Fsp3) is 0.310. The van der Waals surface area contributed by atoms with Crippen molar-refractivity contribution in [2.45, 2.75) is 31.3 Å². The second-order valence-electron chi connectivity index (χ2n) is 8.80. The topological polar surface area (TPSA) is 114 Å². The van der Waals surface area contributed by atoms with Gasteiger partial charge in [-0.15, -0.1) is 0 Å². The van der Waals surface area contributed by atoms with Crippen LogP contribution in [0.4, 0.5) is 5.69 Å². The van der Waals surface area contributed by atoms with Crippen LogP contribution >= 0.6 is 0 Å². The van der Waals surface area contributed by atoms with Crippen molar-refractivity contribution in [1.29, 1.82) is 0 Å². The lowest BCUT2D eigenvalue weighted by atomic mass is 10.1. The fourth-order valence-corrected chi connectivity index (χ4v) is 5.52. The van der Waals surface area contributed by atoms with Crippen LogP contribution in [0.3, 0.4) is 0 Å². The van der Waals surface area contributed by atoms with Crippen LogP contribution in [0.2, 0.25) is 0 Å². The third-order valence-corrected chi connectivity index (χ3v) is 8.06. The number of hydrogen-bond donors (Lipinski definition) is 1. The van der Waals surface area contributed by atoms with Gasteiger partial charge in [0.1, 0.15) is 29.8 Å². The Hall–Kier alpha value is -4.25. The number of sulfonamides is 1. The van der Waals surface area contributed by atoms with Gasteiger partial charge < -0.3 is 24.4 Å². The molecule has 0 bridgehead atoms. The van der Waals surface area contributed by atoms with Crippen molar-refractivity contribution in [3.8, 4) is 17.2 Å². The second-order valence-corrected chi connectivity index (χ2v) is 10.7. The molecule has 0 saturated heterocycles. The van der Waals surface area contributed by atoms with Crippen molar-refractivity contribution in [3.05, 3.63) is 78.4 Å². The molecular formula is C29H35N3O7S. The van der Waals surface area contributed by atoms with Crippen LogP contribution in [-0.4, -0.2) is 65.6 Å². The first-order valence-corrected chi connectivity index (χ1v) is 14.1. The van der Waals surface area contributed by atoms with Crippen molar-refractivity contribution in [2.24, 2.45) is 0 Å². The Balaban J connectivity index is 2.07. The van der Waals surface area contributed by atoms with E-state index in [9.17, 15) is 18.0 Å². The molecule has 10 nitrogen and oxygen atoms in total. The first-order chi connectivity index (χ1) is 19.2. The van der Waals surface area contributed by atoms with E-state index >= 15 is 0 Å². The van der Waals surface area contributed by atoms with Gasteiger partial charge in [0.25, 0.3) is 10.0 Å². The van der Waals surface area contributed by atoms with Crippen LogP contribution < -0.4 is 23.8 Å². The average Bonchev–Trinajstić information content (AvgIpc) is 2.98. The predicted molar refractivity (Wildman–Crippen MR) is 152 cm³/mol. The summed E-state index contributed by atoms with van der Waals surface area (Å²) in [6, 6.07) is 18.6. The van der Waals surface area contributed by atoms with Gasteiger partial charge >= 0.3 is 0 Å². The number of para-hydroxylation sites is 2. The zero-order valence-corrected chi connectivity index (χ0v) is 24.1. The van der Waals surface area contributed by atoms with Gasteiger partial charge in [0.15, 0.2) is 0 Å². The summed E-state index contributed by atoms with van der Waals surface area (Å²) in [6.07, 6.45) is 0. The Morgan fingerprint density at radius 1 is 0.875 bits per heavy atom. The van der Waals surface area contributed by atoms with E-state index in [1.165, 1.54) is 50.5 Å². The van der Waals surface area contributed by atoms with E-state index < -0.39 is 28.5 Å². The Kier molecular flexibility index (Phi) is 10.4. The molecular weight excluding hydrogens is 534 g/mol. The third-order valence-electron chi connectivity index (χ3n) is 6.29. The van der Waals surface area contributed by atoms with Crippen molar-refractivity contribution in [2.75, 3.05) is 38.7 Å². The molecule has 2 amide bonds.